The van der Waals surface area contributed by atoms with Crippen molar-refractivity contribution in [2.75, 3.05) is 0 Å². The number of imidazole rings is 1. The van der Waals surface area contributed by atoms with Crippen LogP contribution < -0.4 is 5.32 Å². The van der Waals surface area contributed by atoms with Gasteiger partial charge in [-0.2, -0.15) is 0 Å². The standard InChI is InChI=1S/C10H17N3O/c1-6(2)9-11-5-8(13-9)10(14)12-7(3)4/h5-7H,1-4H3,(H,11,13)(H,12,14). The minimum atomic E-state index is -0.0978. The van der Waals surface area contributed by atoms with E-state index in [4.69, 9.17) is 0 Å². The van der Waals surface area contributed by atoms with Gasteiger partial charge in [-0.25, -0.2) is 4.98 Å². The number of carbonyl (C=O) groups is 1. The van der Waals surface area contributed by atoms with Crippen LogP contribution in [-0.2, 0) is 0 Å². The lowest BCUT2D eigenvalue weighted by atomic mass is 10.2. The fourth-order valence-electron chi connectivity index (χ4n) is 1.09. The molecule has 0 saturated heterocycles. The van der Waals surface area contributed by atoms with Crippen LogP contribution in [0.1, 0.15) is 49.9 Å². The molecule has 0 fully saturated rings. The number of aromatic amines is 1. The SMILES string of the molecule is CC(C)NC(=O)c1cnc(C(C)C)[nH]1. The first-order valence-electron chi connectivity index (χ1n) is 4.86. The second kappa shape index (κ2) is 4.26. The van der Waals surface area contributed by atoms with Crippen LogP contribution >= 0.6 is 0 Å². The number of H-pyrrole nitrogens is 1. The monoisotopic (exact) mass is 195 g/mol. The van der Waals surface area contributed by atoms with E-state index in [0.717, 1.165) is 5.82 Å². The molecular weight excluding hydrogens is 178 g/mol. The summed E-state index contributed by atoms with van der Waals surface area (Å²) in [5, 5.41) is 2.80. The summed E-state index contributed by atoms with van der Waals surface area (Å²) in [6.45, 7) is 7.92. The molecule has 0 aliphatic rings. The lowest BCUT2D eigenvalue weighted by Gasteiger charge is -2.05. The van der Waals surface area contributed by atoms with Gasteiger partial charge in [-0.05, 0) is 13.8 Å². The predicted molar refractivity (Wildman–Crippen MR) is 55.3 cm³/mol. The van der Waals surface area contributed by atoms with Crippen molar-refractivity contribution < 1.29 is 4.79 Å². The molecule has 1 rings (SSSR count). The van der Waals surface area contributed by atoms with E-state index in [1.165, 1.54) is 0 Å². The maximum absolute atomic E-state index is 11.5. The molecule has 14 heavy (non-hydrogen) atoms. The number of nitrogens with zero attached hydrogens (tertiary/aromatic N) is 1. The highest BCUT2D eigenvalue weighted by Crippen LogP contribution is 2.09. The van der Waals surface area contributed by atoms with Gasteiger partial charge in [-0.1, -0.05) is 13.8 Å². The fraction of sp³-hybridized carbons (Fsp3) is 0.600. The van der Waals surface area contributed by atoms with E-state index in [1.54, 1.807) is 6.20 Å². The molecule has 0 saturated carbocycles. The summed E-state index contributed by atoms with van der Waals surface area (Å²) in [7, 11) is 0. The summed E-state index contributed by atoms with van der Waals surface area (Å²) in [6.07, 6.45) is 1.58. The van der Waals surface area contributed by atoms with E-state index in [0.29, 0.717) is 11.6 Å². The molecule has 1 amide bonds. The second-order valence-corrected chi connectivity index (χ2v) is 3.96. The Hall–Kier alpha value is -1.32. The average Bonchev–Trinajstić information content (AvgIpc) is 2.50. The van der Waals surface area contributed by atoms with Crippen molar-refractivity contribution in [3.63, 3.8) is 0 Å². The van der Waals surface area contributed by atoms with Crippen molar-refractivity contribution >= 4 is 5.91 Å². The van der Waals surface area contributed by atoms with Gasteiger partial charge in [0.2, 0.25) is 0 Å². The Morgan fingerprint density at radius 2 is 2.07 bits per heavy atom. The fourth-order valence-corrected chi connectivity index (χ4v) is 1.09. The van der Waals surface area contributed by atoms with Gasteiger partial charge in [-0.3, -0.25) is 4.79 Å². The Balaban J connectivity index is 2.71. The molecule has 0 bridgehead atoms. The third-order valence-electron chi connectivity index (χ3n) is 1.81. The molecule has 0 aromatic carbocycles. The molecule has 1 aromatic rings. The molecule has 0 atom stereocenters. The van der Waals surface area contributed by atoms with Crippen molar-refractivity contribution in [2.45, 2.75) is 39.7 Å². The third kappa shape index (κ3) is 2.58. The minimum Gasteiger partial charge on any atom is -0.349 e. The Bertz CT molecular complexity index is 315. The number of amides is 1. The first-order valence-corrected chi connectivity index (χ1v) is 4.86. The Morgan fingerprint density at radius 3 is 2.50 bits per heavy atom. The van der Waals surface area contributed by atoms with Crippen LogP contribution in [0.5, 0.6) is 0 Å². The largest absolute Gasteiger partial charge is 0.349 e. The molecule has 4 heteroatoms. The number of carbonyl (C=O) groups excluding carboxylic acids is 1. The van der Waals surface area contributed by atoms with E-state index in [1.807, 2.05) is 27.7 Å². The highest BCUT2D eigenvalue weighted by molar-refractivity contribution is 5.92. The minimum absolute atomic E-state index is 0.0978. The van der Waals surface area contributed by atoms with Crippen LogP contribution in [0.25, 0.3) is 0 Å². The molecule has 0 radical (unpaired) electrons. The van der Waals surface area contributed by atoms with E-state index in [9.17, 15) is 4.79 Å². The maximum atomic E-state index is 11.5. The van der Waals surface area contributed by atoms with Crippen LogP contribution in [0.4, 0.5) is 0 Å². The van der Waals surface area contributed by atoms with Crippen molar-refractivity contribution in [3.8, 4) is 0 Å². The predicted octanol–water partition coefficient (Wildman–Crippen LogP) is 1.67. The van der Waals surface area contributed by atoms with E-state index < -0.39 is 0 Å². The summed E-state index contributed by atoms with van der Waals surface area (Å²) in [5.74, 6) is 1.06. The number of aromatic nitrogens is 2. The highest BCUT2D eigenvalue weighted by atomic mass is 16.1. The van der Waals surface area contributed by atoms with Gasteiger partial charge < -0.3 is 10.3 Å². The summed E-state index contributed by atoms with van der Waals surface area (Å²) in [4.78, 5) is 18.6. The molecule has 0 aliphatic carbocycles. The zero-order valence-corrected chi connectivity index (χ0v) is 9.09. The maximum Gasteiger partial charge on any atom is 0.269 e. The molecule has 1 heterocycles. The van der Waals surface area contributed by atoms with Crippen LogP contribution in [0.3, 0.4) is 0 Å². The summed E-state index contributed by atoms with van der Waals surface area (Å²) < 4.78 is 0. The molecular formula is C10H17N3O. The van der Waals surface area contributed by atoms with Crippen molar-refractivity contribution in [1.82, 2.24) is 15.3 Å². The van der Waals surface area contributed by atoms with Gasteiger partial charge in [0.1, 0.15) is 11.5 Å². The smallest absolute Gasteiger partial charge is 0.269 e. The van der Waals surface area contributed by atoms with Crippen molar-refractivity contribution in [2.24, 2.45) is 0 Å². The Morgan fingerprint density at radius 1 is 1.43 bits per heavy atom. The second-order valence-electron chi connectivity index (χ2n) is 3.96. The molecule has 4 nitrogen and oxygen atoms in total. The quantitative estimate of drug-likeness (QED) is 0.770. The van der Waals surface area contributed by atoms with Gasteiger partial charge in [0.15, 0.2) is 0 Å². The van der Waals surface area contributed by atoms with Gasteiger partial charge >= 0.3 is 0 Å². The van der Waals surface area contributed by atoms with Gasteiger partial charge in [0, 0.05) is 12.0 Å². The summed E-state index contributed by atoms with van der Waals surface area (Å²) >= 11 is 0. The first kappa shape index (κ1) is 10.8. The number of hydrogen-bond acceptors (Lipinski definition) is 2. The molecule has 1 aromatic heterocycles. The van der Waals surface area contributed by atoms with E-state index >= 15 is 0 Å². The Kier molecular flexibility index (Phi) is 3.28. The van der Waals surface area contributed by atoms with E-state index in [2.05, 4.69) is 15.3 Å². The van der Waals surface area contributed by atoms with Crippen LogP contribution in [0.2, 0.25) is 0 Å². The van der Waals surface area contributed by atoms with Gasteiger partial charge in [0.25, 0.3) is 5.91 Å². The molecule has 0 aliphatic heterocycles. The molecule has 2 N–H and O–H groups in total. The molecule has 0 spiro atoms. The number of hydrogen-bond donors (Lipinski definition) is 2. The van der Waals surface area contributed by atoms with Crippen LogP contribution in [0, 0.1) is 0 Å². The zero-order chi connectivity index (χ0) is 10.7. The normalized spacial score (nSPS) is 11.0. The molecule has 0 unspecified atom stereocenters. The summed E-state index contributed by atoms with van der Waals surface area (Å²) in [6, 6.07) is 0.147. The Labute approximate surface area is 84.1 Å². The third-order valence-corrected chi connectivity index (χ3v) is 1.81. The highest BCUT2D eigenvalue weighted by Gasteiger charge is 2.11. The van der Waals surface area contributed by atoms with Crippen molar-refractivity contribution in [3.05, 3.63) is 17.7 Å². The van der Waals surface area contributed by atoms with Gasteiger partial charge in [0.05, 0.1) is 6.20 Å². The summed E-state index contributed by atoms with van der Waals surface area (Å²) in [5.41, 5.74) is 0.530. The molecule has 78 valence electrons. The van der Waals surface area contributed by atoms with Crippen LogP contribution in [0.15, 0.2) is 6.20 Å². The first-order chi connectivity index (χ1) is 6.50. The zero-order valence-electron chi connectivity index (χ0n) is 9.09. The average molecular weight is 195 g/mol. The lowest BCUT2D eigenvalue weighted by Crippen LogP contribution is -2.30. The lowest BCUT2D eigenvalue weighted by molar-refractivity contribution is 0.0938. The number of rotatable bonds is 3. The van der Waals surface area contributed by atoms with Gasteiger partial charge in [-0.15, -0.1) is 0 Å². The topological polar surface area (TPSA) is 57.8 Å². The van der Waals surface area contributed by atoms with E-state index in [-0.39, 0.29) is 11.9 Å². The van der Waals surface area contributed by atoms with Crippen LogP contribution in [-0.4, -0.2) is 21.9 Å². The van der Waals surface area contributed by atoms with Crippen molar-refractivity contribution in [1.29, 1.82) is 0 Å². The number of nitrogens with one attached hydrogen (secondary N) is 2.